The fraction of sp³-hybridized carbons (Fsp3) is 0.222. The molecule has 4 rings (SSSR count). The molecule has 0 radical (unpaired) electrons. The zero-order valence-corrected chi connectivity index (χ0v) is 17.1. The topological polar surface area (TPSA) is 29.5 Å². The highest BCUT2D eigenvalue weighted by molar-refractivity contribution is 5.79. The molecule has 0 spiro atoms. The van der Waals surface area contributed by atoms with E-state index in [0.29, 0.717) is 6.61 Å². The van der Waals surface area contributed by atoms with Gasteiger partial charge in [0.2, 0.25) is 0 Å². The third kappa shape index (κ3) is 3.95. The second-order valence-corrected chi connectivity index (χ2v) is 7.67. The van der Waals surface area contributed by atoms with Gasteiger partial charge in [0.25, 0.3) is 0 Å². The van der Waals surface area contributed by atoms with Gasteiger partial charge in [0, 0.05) is 12.0 Å². The van der Waals surface area contributed by atoms with Crippen molar-refractivity contribution < 1.29 is 9.53 Å². The van der Waals surface area contributed by atoms with Crippen molar-refractivity contribution in [1.29, 1.82) is 0 Å². The maximum absolute atomic E-state index is 13.0. The normalized spacial score (nSPS) is 13.1. The summed E-state index contributed by atoms with van der Waals surface area (Å²) in [6.45, 7) is 2.53. The second-order valence-electron chi connectivity index (χ2n) is 7.67. The summed E-state index contributed by atoms with van der Waals surface area (Å²) in [6.07, 6.45) is 5.91. The summed E-state index contributed by atoms with van der Waals surface area (Å²) < 4.78 is 5.80. The van der Waals surface area contributed by atoms with Crippen molar-refractivity contribution in [2.24, 2.45) is 0 Å². The van der Waals surface area contributed by atoms with Crippen LogP contribution in [0.15, 0.2) is 78.9 Å². The maximum Gasteiger partial charge on any atom is 0.410 e. The van der Waals surface area contributed by atoms with E-state index in [-0.39, 0.29) is 24.6 Å². The van der Waals surface area contributed by atoms with Gasteiger partial charge < -0.3 is 4.74 Å². The lowest BCUT2D eigenvalue weighted by Crippen LogP contribution is -2.41. The van der Waals surface area contributed by atoms with Crippen LogP contribution in [0.2, 0.25) is 0 Å². The Kier molecular flexibility index (Phi) is 5.86. The first-order chi connectivity index (χ1) is 14.7. The molecule has 0 aromatic heterocycles. The van der Waals surface area contributed by atoms with Crippen LogP contribution >= 0.6 is 0 Å². The third-order valence-corrected chi connectivity index (χ3v) is 5.74. The average molecular weight is 396 g/mol. The molecular formula is C27H25NO2. The fourth-order valence-electron chi connectivity index (χ4n) is 4.24. The highest BCUT2D eigenvalue weighted by atomic mass is 16.6. The fourth-order valence-corrected chi connectivity index (χ4v) is 4.24. The van der Waals surface area contributed by atoms with Gasteiger partial charge in [-0.25, -0.2) is 4.79 Å². The van der Waals surface area contributed by atoms with Crippen LogP contribution in [0.25, 0.3) is 11.1 Å². The van der Waals surface area contributed by atoms with E-state index >= 15 is 0 Å². The Labute approximate surface area is 178 Å². The first-order valence-corrected chi connectivity index (χ1v) is 10.3. The van der Waals surface area contributed by atoms with E-state index in [0.717, 1.165) is 6.42 Å². The van der Waals surface area contributed by atoms with E-state index in [1.807, 2.05) is 49.4 Å². The van der Waals surface area contributed by atoms with Gasteiger partial charge in [-0.3, -0.25) is 4.90 Å². The molecule has 0 aliphatic heterocycles. The van der Waals surface area contributed by atoms with Gasteiger partial charge in [-0.05, 0) is 41.2 Å². The number of ether oxygens (including phenoxy) is 1. The number of terminal acetylenes is 1. The minimum absolute atomic E-state index is 0.0402. The molecule has 0 bridgehead atoms. The Hall–Kier alpha value is -3.51. The Morgan fingerprint density at radius 1 is 0.967 bits per heavy atom. The molecule has 1 unspecified atom stereocenters. The number of carbonyl (C=O) groups is 1. The molecule has 1 atom stereocenters. The number of amides is 1. The smallest absolute Gasteiger partial charge is 0.410 e. The number of carbonyl (C=O) groups excluding carboxylic acids is 1. The standard InChI is InChI=1S/C27H25NO2/c1-3-17-28(20(2)18-21-11-5-4-6-12-21)27(29)30-19-26-24-15-9-7-13-22(24)23-14-8-10-16-25(23)26/h1,4-16,20,26H,17-19H2,2H3. The highest BCUT2D eigenvalue weighted by Gasteiger charge is 2.30. The molecule has 3 heteroatoms. The van der Waals surface area contributed by atoms with Crippen molar-refractivity contribution in [1.82, 2.24) is 4.90 Å². The number of hydrogen-bond donors (Lipinski definition) is 0. The molecule has 3 aromatic rings. The predicted octanol–water partition coefficient (Wildman–Crippen LogP) is 5.50. The molecule has 1 aliphatic carbocycles. The van der Waals surface area contributed by atoms with E-state index in [4.69, 9.17) is 11.2 Å². The monoisotopic (exact) mass is 395 g/mol. The lowest BCUT2D eigenvalue weighted by Gasteiger charge is -2.27. The van der Waals surface area contributed by atoms with Gasteiger partial charge in [0.1, 0.15) is 6.61 Å². The molecule has 0 saturated heterocycles. The summed E-state index contributed by atoms with van der Waals surface area (Å²) in [4.78, 5) is 14.6. The van der Waals surface area contributed by atoms with E-state index in [1.54, 1.807) is 4.90 Å². The molecular weight excluding hydrogens is 370 g/mol. The van der Waals surface area contributed by atoms with Crippen molar-refractivity contribution in [2.75, 3.05) is 13.2 Å². The summed E-state index contributed by atoms with van der Waals surface area (Å²) in [5.74, 6) is 2.64. The van der Waals surface area contributed by atoms with Gasteiger partial charge in [-0.1, -0.05) is 84.8 Å². The van der Waals surface area contributed by atoms with Crippen LogP contribution in [0.5, 0.6) is 0 Å². The SMILES string of the molecule is C#CCN(C(=O)OCC1c2ccccc2-c2ccccc21)C(C)Cc1ccccc1. The van der Waals surface area contributed by atoms with E-state index < -0.39 is 0 Å². The number of benzene rings is 3. The minimum atomic E-state index is -0.363. The maximum atomic E-state index is 13.0. The molecule has 3 aromatic carbocycles. The van der Waals surface area contributed by atoms with Crippen LogP contribution in [0, 0.1) is 12.3 Å². The zero-order valence-electron chi connectivity index (χ0n) is 17.1. The number of rotatable bonds is 6. The van der Waals surface area contributed by atoms with Crippen LogP contribution in [-0.4, -0.2) is 30.2 Å². The van der Waals surface area contributed by atoms with Crippen LogP contribution in [0.4, 0.5) is 4.79 Å². The quantitative estimate of drug-likeness (QED) is 0.516. The number of fused-ring (bicyclic) bond motifs is 3. The molecule has 0 N–H and O–H groups in total. The first kappa shape index (κ1) is 19.8. The van der Waals surface area contributed by atoms with Gasteiger partial charge >= 0.3 is 6.09 Å². The molecule has 0 saturated carbocycles. The second kappa shape index (κ2) is 8.88. The third-order valence-electron chi connectivity index (χ3n) is 5.74. The molecule has 1 amide bonds. The minimum Gasteiger partial charge on any atom is -0.448 e. The first-order valence-electron chi connectivity index (χ1n) is 10.3. The van der Waals surface area contributed by atoms with Crippen LogP contribution < -0.4 is 0 Å². The molecule has 30 heavy (non-hydrogen) atoms. The molecule has 150 valence electrons. The predicted molar refractivity (Wildman–Crippen MR) is 120 cm³/mol. The van der Waals surface area contributed by atoms with Crippen LogP contribution in [-0.2, 0) is 11.2 Å². The van der Waals surface area contributed by atoms with Gasteiger partial charge in [-0.2, -0.15) is 0 Å². The largest absolute Gasteiger partial charge is 0.448 e. The van der Waals surface area contributed by atoms with Crippen LogP contribution in [0.1, 0.15) is 29.5 Å². The lowest BCUT2D eigenvalue weighted by atomic mass is 9.98. The van der Waals surface area contributed by atoms with E-state index in [9.17, 15) is 4.79 Å². The van der Waals surface area contributed by atoms with Gasteiger partial charge in [0.15, 0.2) is 0 Å². The Morgan fingerprint density at radius 3 is 2.13 bits per heavy atom. The Morgan fingerprint density at radius 2 is 1.53 bits per heavy atom. The average Bonchev–Trinajstić information content (AvgIpc) is 3.10. The van der Waals surface area contributed by atoms with E-state index in [1.165, 1.54) is 27.8 Å². The molecule has 0 heterocycles. The van der Waals surface area contributed by atoms with Crippen molar-refractivity contribution in [3.05, 3.63) is 95.6 Å². The summed E-state index contributed by atoms with van der Waals surface area (Å²) in [7, 11) is 0. The molecule has 3 nitrogen and oxygen atoms in total. The van der Waals surface area contributed by atoms with Crippen LogP contribution in [0.3, 0.4) is 0 Å². The summed E-state index contributed by atoms with van der Waals surface area (Å²) in [5.41, 5.74) is 6.00. The van der Waals surface area contributed by atoms with Crippen molar-refractivity contribution in [3.8, 4) is 23.5 Å². The highest BCUT2D eigenvalue weighted by Crippen LogP contribution is 2.44. The van der Waals surface area contributed by atoms with Crippen molar-refractivity contribution >= 4 is 6.09 Å². The summed E-state index contributed by atoms with van der Waals surface area (Å²) >= 11 is 0. The summed E-state index contributed by atoms with van der Waals surface area (Å²) in [5, 5.41) is 0. The van der Waals surface area contributed by atoms with E-state index in [2.05, 4.69) is 42.3 Å². The molecule has 0 fully saturated rings. The number of hydrogen-bond acceptors (Lipinski definition) is 2. The van der Waals surface area contributed by atoms with Gasteiger partial charge in [-0.15, -0.1) is 6.42 Å². The lowest BCUT2D eigenvalue weighted by molar-refractivity contribution is 0.0921. The van der Waals surface area contributed by atoms with Crippen molar-refractivity contribution in [3.63, 3.8) is 0 Å². The Balaban J connectivity index is 1.48. The number of nitrogens with zero attached hydrogens (tertiary/aromatic N) is 1. The van der Waals surface area contributed by atoms with Crippen molar-refractivity contribution in [2.45, 2.75) is 25.3 Å². The Bertz CT molecular complexity index is 1020. The summed E-state index contributed by atoms with van der Waals surface area (Å²) in [6, 6.07) is 26.7. The van der Waals surface area contributed by atoms with Gasteiger partial charge in [0.05, 0.1) is 6.54 Å². The zero-order chi connectivity index (χ0) is 20.9. The molecule has 1 aliphatic rings.